The fourth-order valence-corrected chi connectivity index (χ4v) is 1.56. The first-order valence-corrected chi connectivity index (χ1v) is 5.97. The molecule has 0 aliphatic carbocycles. The third-order valence-corrected chi connectivity index (χ3v) is 2.64. The number of nitrogens with zero attached hydrogens (tertiary/aromatic N) is 2. The maximum atomic E-state index is 11.9. The van der Waals surface area contributed by atoms with Crippen molar-refractivity contribution in [2.45, 2.75) is 39.2 Å². The number of aryl methyl sites for hydroxylation is 2. The van der Waals surface area contributed by atoms with E-state index in [9.17, 15) is 9.90 Å². The third kappa shape index (κ3) is 3.46. The Morgan fingerprint density at radius 2 is 2.17 bits per heavy atom. The van der Waals surface area contributed by atoms with E-state index in [-0.39, 0.29) is 12.3 Å². The molecule has 1 aromatic heterocycles. The SMILES string of the molecule is CCc1nn(C)c(C(=O)OCCC(C)(C)O)c1N. The second kappa shape index (κ2) is 5.39. The molecular formula is C12H21N3O3. The van der Waals surface area contributed by atoms with E-state index >= 15 is 0 Å². The lowest BCUT2D eigenvalue weighted by atomic mass is 10.1. The van der Waals surface area contributed by atoms with E-state index in [4.69, 9.17) is 10.5 Å². The van der Waals surface area contributed by atoms with Crippen molar-refractivity contribution in [3.05, 3.63) is 11.4 Å². The van der Waals surface area contributed by atoms with E-state index in [0.29, 0.717) is 24.2 Å². The first-order chi connectivity index (χ1) is 8.26. The van der Waals surface area contributed by atoms with Crippen molar-refractivity contribution in [3.8, 4) is 0 Å². The Morgan fingerprint density at radius 3 is 2.61 bits per heavy atom. The number of aromatic nitrogens is 2. The Labute approximate surface area is 107 Å². The summed E-state index contributed by atoms with van der Waals surface area (Å²) in [6.45, 7) is 5.39. The van der Waals surface area contributed by atoms with Gasteiger partial charge in [0, 0.05) is 13.5 Å². The lowest BCUT2D eigenvalue weighted by molar-refractivity contribution is 0.0237. The molecule has 0 saturated carbocycles. The number of carbonyl (C=O) groups is 1. The molecule has 6 nitrogen and oxygen atoms in total. The molecule has 6 heteroatoms. The molecule has 0 aliphatic rings. The first kappa shape index (κ1) is 14.5. The van der Waals surface area contributed by atoms with Gasteiger partial charge in [-0.1, -0.05) is 6.92 Å². The number of esters is 1. The standard InChI is InChI=1S/C12H21N3O3/c1-5-8-9(13)10(15(4)14-8)11(16)18-7-6-12(2,3)17/h17H,5-7,13H2,1-4H3. The molecule has 0 aliphatic heterocycles. The molecule has 18 heavy (non-hydrogen) atoms. The quantitative estimate of drug-likeness (QED) is 0.762. The van der Waals surface area contributed by atoms with E-state index < -0.39 is 11.6 Å². The number of aliphatic hydroxyl groups is 1. The lowest BCUT2D eigenvalue weighted by Gasteiger charge is -2.16. The highest BCUT2D eigenvalue weighted by molar-refractivity contribution is 5.93. The van der Waals surface area contributed by atoms with Crippen molar-refractivity contribution in [1.29, 1.82) is 0 Å². The number of carbonyl (C=O) groups excluding carboxylic acids is 1. The average Bonchev–Trinajstić information content (AvgIpc) is 2.51. The zero-order valence-electron chi connectivity index (χ0n) is 11.4. The second-order valence-electron chi connectivity index (χ2n) is 4.88. The number of ether oxygens (including phenoxy) is 1. The van der Waals surface area contributed by atoms with Gasteiger partial charge in [0.1, 0.15) is 0 Å². The maximum absolute atomic E-state index is 11.9. The summed E-state index contributed by atoms with van der Waals surface area (Å²) >= 11 is 0. The zero-order chi connectivity index (χ0) is 13.9. The minimum absolute atomic E-state index is 0.147. The summed E-state index contributed by atoms with van der Waals surface area (Å²) < 4.78 is 6.51. The fourth-order valence-electron chi connectivity index (χ4n) is 1.56. The van der Waals surface area contributed by atoms with Crippen LogP contribution in [0.25, 0.3) is 0 Å². The highest BCUT2D eigenvalue weighted by Crippen LogP contribution is 2.18. The van der Waals surface area contributed by atoms with Gasteiger partial charge < -0.3 is 15.6 Å². The monoisotopic (exact) mass is 255 g/mol. The number of anilines is 1. The van der Waals surface area contributed by atoms with Crippen molar-refractivity contribution in [1.82, 2.24) is 9.78 Å². The summed E-state index contributed by atoms with van der Waals surface area (Å²) in [6.07, 6.45) is 1.04. The van der Waals surface area contributed by atoms with Gasteiger partial charge in [-0.3, -0.25) is 4.68 Å². The smallest absolute Gasteiger partial charge is 0.358 e. The molecule has 0 saturated heterocycles. The third-order valence-electron chi connectivity index (χ3n) is 2.64. The maximum Gasteiger partial charge on any atom is 0.358 e. The molecule has 0 aromatic carbocycles. The number of hydrogen-bond acceptors (Lipinski definition) is 5. The molecule has 0 radical (unpaired) electrons. The van der Waals surface area contributed by atoms with Gasteiger partial charge in [-0.05, 0) is 20.3 Å². The summed E-state index contributed by atoms with van der Waals surface area (Å²) in [5, 5.41) is 13.7. The van der Waals surface area contributed by atoms with Crippen LogP contribution in [-0.2, 0) is 18.2 Å². The van der Waals surface area contributed by atoms with Crippen LogP contribution in [0.2, 0.25) is 0 Å². The van der Waals surface area contributed by atoms with Crippen molar-refractivity contribution in [3.63, 3.8) is 0 Å². The van der Waals surface area contributed by atoms with Gasteiger partial charge >= 0.3 is 5.97 Å². The van der Waals surface area contributed by atoms with Gasteiger partial charge in [0.25, 0.3) is 0 Å². The average molecular weight is 255 g/mol. The highest BCUT2D eigenvalue weighted by atomic mass is 16.5. The molecular weight excluding hydrogens is 234 g/mol. The van der Waals surface area contributed by atoms with Crippen LogP contribution in [0.3, 0.4) is 0 Å². The normalized spacial score (nSPS) is 11.6. The van der Waals surface area contributed by atoms with E-state index in [1.807, 2.05) is 6.92 Å². The molecule has 102 valence electrons. The van der Waals surface area contributed by atoms with Crippen LogP contribution in [-0.4, -0.2) is 33.1 Å². The summed E-state index contributed by atoms with van der Waals surface area (Å²) in [5.74, 6) is -0.508. The summed E-state index contributed by atoms with van der Waals surface area (Å²) in [7, 11) is 1.65. The van der Waals surface area contributed by atoms with Gasteiger partial charge in [0.15, 0.2) is 5.69 Å². The number of hydrogen-bond donors (Lipinski definition) is 2. The van der Waals surface area contributed by atoms with E-state index in [1.165, 1.54) is 4.68 Å². The number of nitrogens with two attached hydrogens (primary N) is 1. The van der Waals surface area contributed by atoms with Gasteiger partial charge in [-0.25, -0.2) is 4.79 Å². The highest BCUT2D eigenvalue weighted by Gasteiger charge is 2.21. The Balaban J connectivity index is 2.70. The molecule has 1 aromatic rings. The molecule has 3 N–H and O–H groups in total. The van der Waals surface area contributed by atoms with Crippen LogP contribution in [0.1, 0.15) is 43.4 Å². The minimum atomic E-state index is -0.854. The molecule has 1 heterocycles. The van der Waals surface area contributed by atoms with Crippen molar-refractivity contribution >= 4 is 11.7 Å². The Hall–Kier alpha value is -1.56. The summed E-state index contributed by atoms with van der Waals surface area (Å²) in [4.78, 5) is 11.9. The zero-order valence-corrected chi connectivity index (χ0v) is 11.4. The van der Waals surface area contributed by atoms with Crippen LogP contribution in [0.4, 0.5) is 5.69 Å². The topological polar surface area (TPSA) is 90.4 Å². The molecule has 0 amide bonds. The summed E-state index contributed by atoms with van der Waals surface area (Å²) in [5.41, 5.74) is 6.31. The Bertz CT molecular complexity index is 433. The van der Waals surface area contributed by atoms with E-state index in [2.05, 4.69) is 5.10 Å². The first-order valence-electron chi connectivity index (χ1n) is 5.97. The van der Waals surface area contributed by atoms with Crippen LogP contribution in [0.5, 0.6) is 0 Å². The second-order valence-corrected chi connectivity index (χ2v) is 4.88. The van der Waals surface area contributed by atoms with Crippen molar-refractivity contribution in [2.75, 3.05) is 12.3 Å². The molecule has 0 atom stereocenters. The summed E-state index contributed by atoms with van der Waals surface area (Å²) in [6, 6.07) is 0. The molecule has 0 unspecified atom stereocenters. The van der Waals surface area contributed by atoms with Crippen LogP contribution < -0.4 is 5.73 Å². The fraction of sp³-hybridized carbons (Fsp3) is 0.667. The van der Waals surface area contributed by atoms with Crippen molar-refractivity contribution in [2.24, 2.45) is 7.05 Å². The largest absolute Gasteiger partial charge is 0.461 e. The predicted octanol–water partition coefficient (Wildman–Crippen LogP) is 0.883. The lowest BCUT2D eigenvalue weighted by Crippen LogP contribution is -2.23. The Kier molecular flexibility index (Phi) is 4.34. The van der Waals surface area contributed by atoms with Crippen molar-refractivity contribution < 1.29 is 14.6 Å². The molecule has 1 rings (SSSR count). The molecule has 0 fully saturated rings. The Morgan fingerprint density at radius 1 is 1.56 bits per heavy atom. The van der Waals surface area contributed by atoms with Gasteiger partial charge in [0.05, 0.1) is 23.6 Å². The minimum Gasteiger partial charge on any atom is -0.461 e. The molecule has 0 bridgehead atoms. The van der Waals surface area contributed by atoms with E-state index in [1.54, 1.807) is 20.9 Å². The van der Waals surface area contributed by atoms with E-state index in [0.717, 1.165) is 0 Å². The molecule has 0 spiro atoms. The predicted molar refractivity (Wildman–Crippen MR) is 68.2 cm³/mol. The van der Waals surface area contributed by atoms with Crippen LogP contribution in [0, 0.1) is 0 Å². The number of rotatable bonds is 5. The van der Waals surface area contributed by atoms with Crippen LogP contribution >= 0.6 is 0 Å². The van der Waals surface area contributed by atoms with Gasteiger partial charge in [0.2, 0.25) is 0 Å². The van der Waals surface area contributed by atoms with Gasteiger partial charge in [-0.15, -0.1) is 0 Å². The van der Waals surface area contributed by atoms with Crippen LogP contribution in [0.15, 0.2) is 0 Å². The number of nitrogen functional groups attached to an aromatic ring is 1. The van der Waals surface area contributed by atoms with Gasteiger partial charge in [-0.2, -0.15) is 5.10 Å².